The van der Waals surface area contributed by atoms with E-state index in [-0.39, 0.29) is 11.8 Å². The zero-order valence-corrected chi connectivity index (χ0v) is 19.4. The second-order valence-corrected chi connectivity index (χ2v) is 8.87. The van der Waals surface area contributed by atoms with Gasteiger partial charge < -0.3 is 28.8 Å². The molecule has 0 unspecified atom stereocenters. The molecule has 2 aliphatic heterocycles. The lowest BCUT2D eigenvalue weighted by Gasteiger charge is -2.45. The minimum absolute atomic E-state index is 0.00952. The number of hydrogen-bond acceptors (Lipinski definition) is 5. The summed E-state index contributed by atoms with van der Waals surface area (Å²) in [5.41, 5.74) is 0.961. The van der Waals surface area contributed by atoms with Gasteiger partial charge in [-0.25, -0.2) is 4.98 Å². The Hall–Kier alpha value is -3.59. The largest absolute Gasteiger partial charge is 0.497 e. The SMILES string of the molecule is COc1ccc(CNC(=O)[C@H]2Cn3ccnc3C3(CCN(C(=O)c4cccn4C)CC3)O2)cc1. The number of methoxy groups -OCH3 is 1. The number of hydrogen-bond donors (Lipinski definition) is 1. The average Bonchev–Trinajstić information content (AvgIpc) is 3.52. The lowest BCUT2D eigenvalue weighted by molar-refractivity contribution is -0.172. The molecule has 1 N–H and O–H groups in total. The molecule has 178 valence electrons. The van der Waals surface area contributed by atoms with Crippen molar-refractivity contribution in [2.45, 2.75) is 37.6 Å². The van der Waals surface area contributed by atoms with Crippen LogP contribution in [0.1, 0.15) is 34.7 Å². The van der Waals surface area contributed by atoms with Gasteiger partial charge in [0, 0.05) is 58.1 Å². The Kier molecular flexibility index (Phi) is 5.87. The maximum Gasteiger partial charge on any atom is 0.270 e. The number of aryl methyl sites for hydroxylation is 1. The highest BCUT2D eigenvalue weighted by Gasteiger charge is 2.47. The van der Waals surface area contributed by atoms with Gasteiger partial charge in [-0.1, -0.05) is 12.1 Å². The first-order valence-corrected chi connectivity index (χ1v) is 11.5. The number of amides is 2. The Morgan fingerprint density at radius 3 is 2.62 bits per heavy atom. The zero-order chi connectivity index (χ0) is 23.7. The van der Waals surface area contributed by atoms with Gasteiger partial charge in [-0.15, -0.1) is 0 Å². The number of carbonyl (C=O) groups excluding carboxylic acids is 2. The van der Waals surface area contributed by atoms with Crippen molar-refractivity contribution in [1.29, 1.82) is 0 Å². The third-order valence-corrected chi connectivity index (χ3v) is 6.79. The number of piperidine rings is 1. The lowest BCUT2D eigenvalue weighted by atomic mass is 9.88. The van der Waals surface area contributed by atoms with Gasteiger partial charge >= 0.3 is 0 Å². The van der Waals surface area contributed by atoms with Crippen LogP contribution < -0.4 is 10.1 Å². The number of imidazole rings is 1. The highest BCUT2D eigenvalue weighted by atomic mass is 16.5. The van der Waals surface area contributed by atoms with Crippen molar-refractivity contribution < 1.29 is 19.1 Å². The van der Waals surface area contributed by atoms with Gasteiger partial charge in [0.2, 0.25) is 0 Å². The predicted molar refractivity (Wildman–Crippen MR) is 124 cm³/mol. The van der Waals surface area contributed by atoms with Crippen molar-refractivity contribution in [3.05, 3.63) is 72.1 Å². The highest BCUT2D eigenvalue weighted by molar-refractivity contribution is 5.92. The summed E-state index contributed by atoms with van der Waals surface area (Å²) >= 11 is 0. The first-order chi connectivity index (χ1) is 16.5. The fourth-order valence-corrected chi connectivity index (χ4v) is 4.84. The Bertz CT molecular complexity index is 1170. The molecule has 2 aliphatic rings. The van der Waals surface area contributed by atoms with Gasteiger partial charge in [0.1, 0.15) is 22.9 Å². The third-order valence-electron chi connectivity index (χ3n) is 6.79. The Morgan fingerprint density at radius 2 is 1.94 bits per heavy atom. The molecule has 0 aliphatic carbocycles. The van der Waals surface area contributed by atoms with Crippen LogP contribution in [0.4, 0.5) is 0 Å². The fourth-order valence-electron chi connectivity index (χ4n) is 4.84. The minimum atomic E-state index is -0.686. The summed E-state index contributed by atoms with van der Waals surface area (Å²) in [4.78, 5) is 32.4. The monoisotopic (exact) mass is 463 g/mol. The van der Waals surface area contributed by atoms with Crippen LogP contribution >= 0.6 is 0 Å². The van der Waals surface area contributed by atoms with Crippen molar-refractivity contribution in [1.82, 2.24) is 24.3 Å². The zero-order valence-electron chi connectivity index (χ0n) is 19.4. The maximum absolute atomic E-state index is 13.1. The van der Waals surface area contributed by atoms with Crippen molar-refractivity contribution in [2.24, 2.45) is 7.05 Å². The summed E-state index contributed by atoms with van der Waals surface area (Å²) in [7, 11) is 3.49. The summed E-state index contributed by atoms with van der Waals surface area (Å²) in [6, 6.07) is 11.3. The molecule has 9 heteroatoms. The highest BCUT2D eigenvalue weighted by Crippen LogP contribution is 2.40. The summed E-state index contributed by atoms with van der Waals surface area (Å²) in [6.07, 6.45) is 6.06. The molecular weight excluding hydrogens is 434 g/mol. The molecule has 1 spiro atoms. The molecule has 34 heavy (non-hydrogen) atoms. The van der Waals surface area contributed by atoms with E-state index in [4.69, 9.17) is 9.47 Å². The van der Waals surface area contributed by atoms with E-state index in [2.05, 4.69) is 10.3 Å². The summed E-state index contributed by atoms with van der Waals surface area (Å²) in [5.74, 6) is 1.46. The van der Waals surface area contributed by atoms with Crippen LogP contribution in [0.15, 0.2) is 55.0 Å². The number of nitrogens with zero attached hydrogens (tertiary/aromatic N) is 4. The van der Waals surface area contributed by atoms with E-state index in [9.17, 15) is 9.59 Å². The van der Waals surface area contributed by atoms with Crippen LogP contribution in [-0.4, -0.2) is 57.1 Å². The summed E-state index contributed by atoms with van der Waals surface area (Å²) in [6.45, 7) is 1.90. The summed E-state index contributed by atoms with van der Waals surface area (Å²) in [5, 5.41) is 3.00. The van der Waals surface area contributed by atoms with E-state index in [0.29, 0.717) is 44.7 Å². The van der Waals surface area contributed by atoms with Gasteiger partial charge in [-0.2, -0.15) is 0 Å². The van der Waals surface area contributed by atoms with Crippen LogP contribution in [0.3, 0.4) is 0 Å². The third kappa shape index (κ3) is 4.07. The number of nitrogens with one attached hydrogen (secondary N) is 1. The number of carbonyl (C=O) groups is 2. The van der Waals surface area contributed by atoms with E-state index in [1.807, 2.05) is 69.9 Å². The van der Waals surface area contributed by atoms with Crippen LogP contribution in [0.2, 0.25) is 0 Å². The van der Waals surface area contributed by atoms with Crippen molar-refractivity contribution in [3.63, 3.8) is 0 Å². The van der Waals surface area contributed by atoms with Gasteiger partial charge in [0.15, 0.2) is 6.10 Å². The van der Waals surface area contributed by atoms with Gasteiger partial charge in [0.25, 0.3) is 11.8 Å². The topological polar surface area (TPSA) is 90.6 Å². The molecular formula is C25H29N5O4. The Labute approximate surface area is 198 Å². The number of rotatable bonds is 5. The molecule has 0 bridgehead atoms. The van der Waals surface area contributed by atoms with Crippen molar-refractivity contribution >= 4 is 11.8 Å². The standard InChI is InChI=1S/C25H29N5O4/c1-28-12-3-4-20(28)23(32)29-13-9-25(10-14-29)24-26-11-15-30(24)17-21(34-25)22(31)27-16-18-5-7-19(33-2)8-6-18/h3-8,11-12,15,21H,9-10,13-14,16-17H2,1-2H3,(H,27,31)/t21-/m1/s1. The van der Waals surface area contributed by atoms with Gasteiger partial charge in [-0.05, 0) is 29.8 Å². The molecule has 3 aromatic rings. The number of fused-ring (bicyclic) bond motifs is 2. The Balaban J connectivity index is 1.26. The van der Waals surface area contributed by atoms with Crippen molar-refractivity contribution in [2.75, 3.05) is 20.2 Å². The number of likely N-dealkylation sites (tertiary alicyclic amines) is 1. The first-order valence-electron chi connectivity index (χ1n) is 11.5. The predicted octanol–water partition coefficient (Wildman–Crippen LogP) is 2.08. The molecule has 1 saturated heterocycles. The normalized spacial score (nSPS) is 19.0. The van der Waals surface area contributed by atoms with Crippen LogP contribution in [-0.2, 0) is 35.3 Å². The van der Waals surface area contributed by atoms with E-state index >= 15 is 0 Å². The first kappa shape index (κ1) is 22.2. The molecule has 1 fully saturated rings. The molecule has 4 heterocycles. The Morgan fingerprint density at radius 1 is 1.18 bits per heavy atom. The molecule has 0 saturated carbocycles. The second kappa shape index (κ2) is 8.98. The second-order valence-electron chi connectivity index (χ2n) is 8.87. The minimum Gasteiger partial charge on any atom is -0.497 e. The van der Waals surface area contributed by atoms with E-state index in [1.54, 1.807) is 13.3 Å². The number of aromatic nitrogens is 3. The van der Waals surface area contributed by atoms with Gasteiger partial charge in [0.05, 0.1) is 13.7 Å². The lowest BCUT2D eigenvalue weighted by Crippen LogP contribution is -2.54. The average molecular weight is 464 g/mol. The number of ether oxygens (including phenoxy) is 2. The quantitative estimate of drug-likeness (QED) is 0.626. The molecule has 1 aromatic carbocycles. The van der Waals surface area contributed by atoms with E-state index in [0.717, 1.165) is 17.1 Å². The molecule has 2 amide bonds. The summed E-state index contributed by atoms with van der Waals surface area (Å²) < 4.78 is 15.5. The van der Waals surface area contributed by atoms with Crippen LogP contribution in [0.5, 0.6) is 5.75 Å². The molecule has 0 radical (unpaired) electrons. The molecule has 5 rings (SSSR count). The van der Waals surface area contributed by atoms with Crippen LogP contribution in [0.25, 0.3) is 0 Å². The number of benzene rings is 1. The van der Waals surface area contributed by atoms with E-state index < -0.39 is 11.7 Å². The maximum atomic E-state index is 13.1. The van der Waals surface area contributed by atoms with Crippen molar-refractivity contribution in [3.8, 4) is 5.75 Å². The molecule has 9 nitrogen and oxygen atoms in total. The van der Waals surface area contributed by atoms with Crippen LogP contribution in [0, 0.1) is 0 Å². The smallest absolute Gasteiger partial charge is 0.270 e. The molecule has 1 atom stereocenters. The van der Waals surface area contributed by atoms with E-state index in [1.165, 1.54) is 0 Å². The van der Waals surface area contributed by atoms with Gasteiger partial charge in [-0.3, -0.25) is 9.59 Å². The fraction of sp³-hybridized carbons (Fsp3) is 0.400. The molecule has 2 aromatic heterocycles.